The largest absolute Gasteiger partial charge is 0.394 e. The summed E-state index contributed by atoms with van der Waals surface area (Å²) in [5.74, 6) is -2.18. The highest BCUT2D eigenvalue weighted by Crippen LogP contribution is 2.31. The fourth-order valence-electron chi connectivity index (χ4n) is 2.21. The van der Waals surface area contributed by atoms with Gasteiger partial charge in [0.05, 0.1) is 0 Å². The Labute approximate surface area is 121 Å². The topological polar surface area (TPSA) is 63.4 Å². The van der Waals surface area contributed by atoms with Gasteiger partial charge in [-0.25, -0.2) is 17.2 Å². The number of rotatable bonds is 2. The van der Waals surface area contributed by atoms with Crippen molar-refractivity contribution in [1.29, 1.82) is 0 Å². The number of benzene rings is 1. The molecule has 1 aromatic rings. The fraction of sp³-hybridized carbons (Fsp3) is 0.500. The molecule has 2 N–H and O–H groups in total. The average Bonchev–Trinajstić information content (AvgIpc) is 2.34. The molecule has 1 fully saturated rings. The third kappa shape index (κ3) is 2.77. The van der Waals surface area contributed by atoms with Crippen LogP contribution in [0.2, 0.25) is 0 Å². The molecule has 1 aromatic carbocycles. The van der Waals surface area contributed by atoms with E-state index < -0.39 is 32.2 Å². The van der Waals surface area contributed by atoms with Crippen molar-refractivity contribution < 1.29 is 17.2 Å². The van der Waals surface area contributed by atoms with Crippen molar-refractivity contribution in [2.45, 2.75) is 29.2 Å². The van der Waals surface area contributed by atoms with Gasteiger partial charge in [-0.1, -0.05) is 13.8 Å². The van der Waals surface area contributed by atoms with Gasteiger partial charge in [-0.3, -0.25) is 0 Å². The molecule has 0 spiro atoms. The molecular formula is C12H16F2N2O2S2. The van der Waals surface area contributed by atoms with Crippen molar-refractivity contribution in [3.05, 3.63) is 23.8 Å². The van der Waals surface area contributed by atoms with E-state index in [1.165, 1.54) is 4.31 Å². The molecule has 1 aliphatic heterocycles. The molecule has 2 atom stereocenters. The van der Waals surface area contributed by atoms with E-state index >= 15 is 0 Å². The number of nitrogen functional groups attached to an aromatic ring is 1. The van der Waals surface area contributed by atoms with Crippen molar-refractivity contribution >= 4 is 27.5 Å². The van der Waals surface area contributed by atoms with Crippen LogP contribution in [0, 0.1) is 11.6 Å². The summed E-state index contributed by atoms with van der Waals surface area (Å²) >= 11 is 1.68. The van der Waals surface area contributed by atoms with E-state index in [4.69, 9.17) is 5.73 Å². The first-order valence-corrected chi connectivity index (χ1v) is 8.51. The summed E-state index contributed by atoms with van der Waals surface area (Å²) in [6, 6.07) is 1.80. The van der Waals surface area contributed by atoms with E-state index in [1.807, 2.05) is 13.8 Å². The zero-order chi connectivity index (χ0) is 15.1. The second-order valence-electron chi connectivity index (χ2n) is 4.85. The number of thioether (sulfide) groups is 1. The molecule has 0 saturated carbocycles. The van der Waals surface area contributed by atoms with E-state index in [0.29, 0.717) is 13.1 Å². The second kappa shape index (κ2) is 5.50. The molecule has 0 radical (unpaired) electrons. The lowest BCUT2D eigenvalue weighted by atomic mass is 10.3. The van der Waals surface area contributed by atoms with Gasteiger partial charge in [0.25, 0.3) is 0 Å². The average molecular weight is 322 g/mol. The van der Waals surface area contributed by atoms with E-state index in [2.05, 4.69) is 0 Å². The summed E-state index contributed by atoms with van der Waals surface area (Å²) in [6.45, 7) is 4.43. The van der Waals surface area contributed by atoms with Crippen LogP contribution in [-0.4, -0.2) is 36.3 Å². The summed E-state index contributed by atoms with van der Waals surface area (Å²) < 4.78 is 53.2. The molecule has 20 heavy (non-hydrogen) atoms. The van der Waals surface area contributed by atoms with Gasteiger partial charge in [-0.05, 0) is 12.1 Å². The Kier molecular flexibility index (Phi) is 4.27. The minimum absolute atomic E-state index is 0.120. The van der Waals surface area contributed by atoms with Crippen molar-refractivity contribution in [2.24, 2.45) is 0 Å². The summed E-state index contributed by atoms with van der Waals surface area (Å²) in [7, 11) is -4.00. The van der Waals surface area contributed by atoms with Gasteiger partial charge in [0.1, 0.15) is 16.4 Å². The predicted molar refractivity (Wildman–Crippen MR) is 76.0 cm³/mol. The Hall–Kier alpha value is -0.860. The minimum atomic E-state index is -4.00. The molecule has 0 aromatic heterocycles. The van der Waals surface area contributed by atoms with E-state index in [-0.39, 0.29) is 10.5 Å². The maximum Gasteiger partial charge on any atom is 0.246 e. The molecule has 0 amide bonds. The maximum atomic E-state index is 13.9. The zero-order valence-corrected chi connectivity index (χ0v) is 12.8. The van der Waals surface area contributed by atoms with Gasteiger partial charge in [0, 0.05) is 23.6 Å². The SMILES string of the molecule is CC1CN(S(=O)(=O)c2ccc(F)c(N)c2F)CC(C)S1. The fourth-order valence-corrected chi connectivity index (χ4v) is 5.42. The van der Waals surface area contributed by atoms with Gasteiger partial charge in [-0.15, -0.1) is 0 Å². The molecule has 4 nitrogen and oxygen atoms in total. The van der Waals surface area contributed by atoms with Crippen LogP contribution in [0.1, 0.15) is 13.8 Å². The summed E-state index contributed by atoms with van der Waals surface area (Å²) in [5.41, 5.74) is 4.46. The first-order chi connectivity index (χ1) is 9.23. The zero-order valence-electron chi connectivity index (χ0n) is 11.1. The lowest BCUT2D eigenvalue weighted by Crippen LogP contribution is -2.44. The van der Waals surface area contributed by atoms with Crippen molar-refractivity contribution in [2.75, 3.05) is 18.8 Å². The van der Waals surface area contributed by atoms with Crippen LogP contribution in [-0.2, 0) is 10.0 Å². The first-order valence-electron chi connectivity index (χ1n) is 6.12. The van der Waals surface area contributed by atoms with Crippen molar-refractivity contribution in [3.63, 3.8) is 0 Å². The summed E-state index contributed by atoms with van der Waals surface area (Å²) in [5, 5.41) is 0.240. The second-order valence-corrected chi connectivity index (χ2v) is 8.64. The summed E-state index contributed by atoms with van der Waals surface area (Å²) in [6.07, 6.45) is 0. The van der Waals surface area contributed by atoms with Gasteiger partial charge >= 0.3 is 0 Å². The number of halogens is 2. The van der Waals surface area contributed by atoms with Crippen molar-refractivity contribution in [1.82, 2.24) is 4.31 Å². The molecule has 2 rings (SSSR count). The number of hydrogen-bond acceptors (Lipinski definition) is 4. The van der Waals surface area contributed by atoms with Crippen LogP contribution in [0.5, 0.6) is 0 Å². The highest BCUT2D eigenvalue weighted by Gasteiger charge is 2.34. The standard InChI is InChI=1S/C12H16F2N2O2S2/c1-7-5-16(6-8(2)19-7)20(17,18)10-4-3-9(13)12(15)11(10)14/h3-4,7-8H,5-6,15H2,1-2H3. The van der Waals surface area contributed by atoms with E-state index in [1.54, 1.807) is 11.8 Å². The van der Waals surface area contributed by atoms with Crippen LogP contribution < -0.4 is 5.73 Å². The number of nitrogens with two attached hydrogens (primary N) is 1. The molecule has 0 aliphatic carbocycles. The first kappa shape index (κ1) is 15.5. The highest BCUT2D eigenvalue weighted by atomic mass is 32.2. The number of hydrogen-bond donors (Lipinski definition) is 1. The molecule has 1 heterocycles. The Morgan fingerprint density at radius 2 is 1.80 bits per heavy atom. The Balaban J connectivity index is 2.43. The van der Waals surface area contributed by atoms with Crippen molar-refractivity contribution in [3.8, 4) is 0 Å². The van der Waals surface area contributed by atoms with Gasteiger partial charge in [0.15, 0.2) is 5.82 Å². The van der Waals surface area contributed by atoms with E-state index in [0.717, 1.165) is 12.1 Å². The lowest BCUT2D eigenvalue weighted by Gasteiger charge is -2.33. The van der Waals surface area contributed by atoms with Crippen LogP contribution in [0.15, 0.2) is 17.0 Å². The Morgan fingerprint density at radius 1 is 1.25 bits per heavy atom. The minimum Gasteiger partial charge on any atom is -0.394 e. The third-order valence-corrected chi connectivity index (χ3v) is 6.17. The Morgan fingerprint density at radius 3 is 2.35 bits per heavy atom. The number of nitrogens with zero attached hydrogens (tertiary/aromatic N) is 1. The molecule has 112 valence electrons. The molecule has 1 aliphatic rings. The van der Waals surface area contributed by atoms with Crippen LogP contribution >= 0.6 is 11.8 Å². The molecule has 8 heteroatoms. The Bertz CT molecular complexity index is 612. The number of anilines is 1. The van der Waals surface area contributed by atoms with Crippen LogP contribution in [0.3, 0.4) is 0 Å². The number of sulfonamides is 1. The normalized spacial score (nSPS) is 24.8. The molecule has 2 unspecified atom stereocenters. The predicted octanol–water partition coefficient (Wildman–Crippen LogP) is 2.06. The van der Waals surface area contributed by atoms with E-state index in [9.17, 15) is 17.2 Å². The third-order valence-electron chi connectivity index (χ3n) is 3.10. The highest BCUT2D eigenvalue weighted by molar-refractivity contribution is 8.00. The summed E-state index contributed by atoms with van der Waals surface area (Å²) in [4.78, 5) is -0.567. The lowest BCUT2D eigenvalue weighted by molar-refractivity contribution is 0.401. The quantitative estimate of drug-likeness (QED) is 0.847. The molecular weight excluding hydrogens is 306 g/mol. The monoisotopic (exact) mass is 322 g/mol. The van der Waals surface area contributed by atoms with Gasteiger partial charge in [-0.2, -0.15) is 16.1 Å². The molecule has 1 saturated heterocycles. The molecule has 0 bridgehead atoms. The van der Waals surface area contributed by atoms with Crippen LogP contribution in [0.25, 0.3) is 0 Å². The smallest absolute Gasteiger partial charge is 0.246 e. The maximum absolute atomic E-state index is 13.9. The van der Waals surface area contributed by atoms with Crippen LogP contribution in [0.4, 0.5) is 14.5 Å². The van der Waals surface area contributed by atoms with Gasteiger partial charge in [0.2, 0.25) is 10.0 Å². The van der Waals surface area contributed by atoms with Gasteiger partial charge < -0.3 is 5.73 Å².